The van der Waals surface area contributed by atoms with Crippen LogP contribution in [0.4, 0.5) is 10.1 Å². The summed E-state index contributed by atoms with van der Waals surface area (Å²) in [7, 11) is 0. The van der Waals surface area contributed by atoms with Gasteiger partial charge in [0.1, 0.15) is 12.1 Å². The number of hydrogen-bond donors (Lipinski definition) is 2. The number of nitrogens with zero attached hydrogens (tertiary/aromatic N) is 3. The Hall–Kier alpha value is -3.58. The molecule has 7 heteroatoms. The van der Waals surface area contributed by atoms with Crippen molar-refractivity contribution >= 4 is 16.7 Å². The molecule has 138 valence electrons. The van der Waals surface area contributed by atoms with Gasteiger partial charge in [0.25, 0.3) is 5.56 Å². The first kappa shape index (κ1) is 16.6. The second-order valence-electron chi connectivity index (χ2n) is 6.71. The third-order valence-electron chi connectivity index (χ3n) is 4.94. The van der Waals surface area contributed by atoms with Crippen molar-refractivity contribution in [1.29, 1.82) is 0 Å². The maximum Gasteiger partial charge on any atom is 0.263 e. The standard InChI is InChI=1S/C21H16FN5O/c22-18-8-13(14-3-5-15-10-25-26-19(15)9-14)4-6-16(18)11-27-12-24-20-17(21(27)28)2-1-7-23-20/h1-9,12,25-26H,10-11H2. The molecule has 6 nitrogen and oxygen atoms in total. The minimum absolute atomic E-state index is 0.110. The first-order valence-electron chi connectivity index (χ1n) is 8.90. The molecule has 2 N–H and O–H groups in total. The largest absolute Gasteiger partial charge is 0.321 e. The second-order valence-corrected chi connectivity index (χ2v) is 6.71. The van der Waals surface area contributed by atoms with Crippen molar-refractivity contribution in [3.63, 3.8) is 0 Å². The molecule has 5 rings (SSSR count). The van der Waals surface area contributed by atoms with Crippen LogP contribution in [0.5, 0.6) is 0 Å². The van der Waals surface area contributed by atoms with Crippen LogP contribution in [0.15, 0.2) is 65.8 Å². The highest BCUT2D eigenvalue weighted by molar-refractivity contribution is 5.73. The van der Waals surface area contributed by atoms with E-state index in [1.165, 1.54) is 22.5 Å². The molecule has 0 bridgehead atoms. The van der Waals surface area contributed by atoms with Crippen molar-refractivity contribution in [2.24, 2.45) is 0 Å². The molecule has 0 saturated heterocycles. The molecule has 2 aromatic carbocycles. The van der Waals surface area contributed by atoms with Gasteiger partial charge in [0.15, 0.2) is 5.65 Å². The second kappa shape index (κ2) is 6.54. The van der Waals surface area contributed by atoms with E-state index in [0.717, 1.165) is 23.4 Å². The smallest absolute Gasteiger partial charge is 0.263 e. The number of aromatic nitrogens is 3. The van der Waals surface area contributed by atoms with E-state index in [2.05, 4.69) is 20.8 Å². The number of hydrazine groups is 1. The third-order valence-corrected chi connectivity index (χ3v) is 4.94. The molecule has 0 unspecified atom stereocenters. The van der Waals surface area contributed by atoms with Crippen LogP contribution in [0.2, 0.25) is 0 Å². The normalized spacial score (nSPS) is 12.8. The van der Waals surface area contributed by atoms with Gasteiger partial charge < -0.3 is 5.43 Å². The Labute approximate surface area is 159 Å². The van der Waals surface area contributed by atoms with Crippen LogP contribution in [-0.4, -0.2) is 14.5 Å². The van der Waals surface area contributed by atoms with Crippen molar-refractivity contribution in [3.8, 4) is 11.1 Å². The molecule has 0 aliphatic carbocycles. The van der Waals surface area contributed by atoms with Gasteiger partial charge in [-0.2, -0.15) is 0 Å². The highest BCUT2D eigenvalue weighted by Crippen LogP contribution is 2.28. The predicted octanol–water partition coefficient (Wildman–Crippen LogP) is 3.08. The van der Waals surface area contributed by atoms with Crippen LogP contribution in [0.1, 0.15) is 11.1 Å². The Morgan fingerprint density at radius 2 is 1.93 bits per heavy atom. The SMILES string of the molecule is O=c1c2cccnc2ncn1Cc1ccc(-c2ccc3c(c2)NNC3)cc1F. The molecule has 0 radical (unpaired) electrons. The number of nitrogens with one attached hydrogen (secondary N) is 2. The maximum absolute atomic E-state index is 14.8. The van der Waals surface area contributed by atoms with Gasteiger partial charge in [0.2, 0.25) is 0 Å². The van der Waals surface area contributed by atoms with Crippen molar-refractivity contribution < 1.29 is 4.39 Å². The first-order chi connectivity index (χ1) is 13.7. The summed E-state index contributed by atoms with van der Waals surface area (Å²) in [6.45, 7) is 0.880. The first-order valence-corrected chi connectivity index (χ1v) is 8.90. The molecule has 2 aromatic heterocycles. The van der Waals surface area contributed by atoms with Crippen molar-refractivity contribution in [2.45, 2.75) is 13.1 Å². The van der Waals surface area contributed by atoms with Gasteiger partial charge in [-0.15, -0.1) is 0 Å². The average Bonchev–Trinajstić information content (AvgIpc) is 3.19. The van der Waals surface area contributed by atoms with Gasteiger partial charge in [-0.1, -0.05) is 24.3 Å². The lowest BCUT2D eigenvalue weighted by Crippen LogP contribution is -2.21. The molecule has 4 aromatic rings. The molecular formula is C21H16FN5O. The van der Waals surface area contributed by atoms with Gasteiger partial charge in [-0.3, -0.25) is 9.36 Å². The van der Waals surface area contributed by atoms with Crippen molar-refractivity contribution in [1.82, 2.24) is 20.0 Å². The molecule has 0 saturated carbocycles. The molecule has 1 aliphatic heterocycles. The summed E-state index contributed by atoms with van der Waals surface area (Å²) in [5, 5.41) is 0.418. The fourth-order valence-electron chi connectivity index (χ4n) is 3.41. The predicted molar refractivity (Wildman–Crippen MR) is 105 cm³/mol. The van der Waals surface area contributed by atoms with Crippen LogP contribution >= 0.6 is 0 Å². The number of rotatable bonds is 3. The molecule has 0 spiro atoms. The summed E-state index contributed by atoms with van der Waals surface area (Å²) in [6, 6.07) is 14.4. The quantitative estimate of drug-likeness (QED) is 0.578. The van der Waals surface area contributed by atoms with Crippen molar-refractivity contribution in [3.05, 3.63) is 88.4 Å². The minimum atomic E-state index is -0.359. The molecule has 3 heterocycles. The lowest BCUT2D eigenvalue weighted by atomic mass is 10.0. The third kappa shape index (κ3) is 2.82. The fraction of sp³-hybridized carbons (Fsp3) is 0.0952. The Kier molecular flexibility index (Phi) is 3.87. The Morgan fingerprint density at radius 3 is 2.82 bits per heavy atom. The molecule has 0 atom stereocenters. The van der Waals surface area contributed by atoms with Gasteiger partial charge >= 0.3 is 0 Å². The lowest BCUT2D eigenvalue weighted by molar-refractivity contribution is 0.595. The molecular weight excluding hydrogens is 357 g/mol. The van der Waals surface area contributed by atoms with Crippen LogP contribution in [0.25, 0.3) is 22.2 Å². The monoisotopic (exact) mass is 373 g/mol. The van der Waals surface area contributed by atoms with Gasteiger partial charge in [0.05, 0.1) is 17.6 Å². The lowest BCUT2D eigenvalue weighted by Gasteiger charge is -2.10. The Bertz CT molecular complexity index is 1270. The highest BCUT2D eigenvalue weighted by atomic mass is 19.1. The van der Waals surface area contributed by atoms with Crippen molar-refractivity contribution in [2.75, 3.05) is 5.43 Å². The molecule has 0 amide bonds. The number of halogens is 1. The molecule has 0 fully saturated rings. The van der Waals surface area contributed by atoms with Crippen LogP contribution < -0.4 is 16.4 Å². The van der Waals surface area contributed by atoms with E-state index in [0.29, 0.717) is 16.6 Å². The summed E-state index contributed by atoms with van der Waals surface area (Å²) in [5.74, 6) is -0.359. The highest BCUT2D eigenvalue weighted by Gasteiger charge is 2.12. The van der Waals surface area contributed by atoms with E-state index < -0.39 is 0 Å². The van der Waals surface area contributed by atoms with E-state index >= 15 is 0 Å². The van der Waals surface area contributed by atoms with Crippen LogP contribution in [0.3, 0.4) is 0 Å². The number of pyridine rings is 1. The average molecular weight is 373 g/mol. The zero-order valence-electron chi connectivity index (χ0n) is 14.8. The van der Waals surface area contributed by atoms with Crippen LogP contribution in [0, 0.1) is 5.82 Å². The summed E-state index contributed by atoms with van der Waals surface area (Å²) >= 11 is 0. The van der Waals surface area contributed by atoms with E-state index in [9.17, 15) is 9.18 Å². The number of benzene rings is 2. The number of hydrogen-bond acceptors (Lipinski definition) is 5. The van der Waals surface area contributed by atoms with Crippen LogP contribution in [-0.2, 0) is 13.1 Å². The number of fused-ring (bicyclic) bond motifs is 2. The van der Waals surface area contributed by atoms with Gasteiger partial charge in [-0.25, -0.2) is 19.8 Å². The zero-order chi connectivity index (χ0) is 19.1. The summed E-state index contributed by atoms with van der Waals surface area (Å²) in [4.78, 5) is 20.8. The number of anilines is 1. The van der Waals surface area contributed by atoms with E-state index in [1.807, 2.05) is 24.3 Å². The summed E-state index contributed by atoms with van der Waals surface area (Å²) in [5.41, 5.74) is 10.6. The maximum atomic E-state index is 14.8. The summed E-state index contributed by atoms with van der Waals surface area (Å²) in [6.07, 6.45) is 2.99. The molecule has 1 aliphatic rings. The zero-order valence-corrected chi connectivity index (χ0v) is 14.8. The van der Waals surface area contributed by atoms with E-state index in [1.54, 1.807) is 24.4 Å². The van der Waals surface area contributed by atoms with Gasteiger partial charge in [-0.05, 0) is 41.0 Å². The topological polar surface area (TPSA) is 71.8 Å². The van der Waals surface area contributed by atoms with Gasteiger partial charge in [0, 0.05) is 18.3 Å². The van der Waals surface area contributed by atoms with E-state index in [4.69, 9.17) is 0 Å². The fourth-order valence-corrected chi connectivity index (χ4v) is 3.41. The Morgan fingerprint density at radius 1 is 1.07 bits per heavy atom. The minimum Gasteiger partial charge on any atom is -0.321 e. The molecule has 28 heavy (non-hydrogen) atoms. The summed E-state index contributed by atoms with van der Waals surface area (Å²) < 4.78 is 16.2. The van der Waals surface area contributed by atoms with E-state index in [-0.39, 0.29) is 17.9 Å². The Balaban J connectivity index is 1.47.